The molecule has 20 heavy (non-hydrogen) atoms. The lowest BCUT2D eigenvalue weighted by molar-refractivity contribution is 0.0534. The van der Waals surface area contributed by atoms with Crippen LogP contribution in [0.2, 0.25) is 5.02 Å². The monoisotopic (exact) mass is 291 g/mol. The van der Waals surface area contributed by atoms with Gasteiger partial charge in [0, 0.05) is 29.6 Å². The van der Waals surface area contributed by atoms with E-state index in [0.717, 1.165) is 25.9 Å². The van der Waals surface area contributed by atoms with Crippen molar-refractivity contribution in [2.75, 3.05) is 26.3 Å². The third kappa shape index (κ3) is 4.00. The van der Waals surface area contributed by atoms with Crippen LogP contribution in [-0.2, 0) is 4.74 Å². The van der Waals surface area contributed by atoms with E-state index in [4.69, 9.17) is 22.8 Å². The molecule has 0 bridgehead atoms. The Kier molecular flexibility index (Phi) is 5.46. The molecule has 1 fully saturated rings. The Morgan fingerprint density at radius 3 is 3.15 bits per heavy atom. The molecule has 1 saturated heterocycles. The molecule has 106 valence electrons. The first-order valence-electron chi connectivity index (χ1n) is 6.76. The van der Waals surface area contributed by atoms with Gasteiger partial charge in [-0.1, -0.05) is 23.6 Å². The van der Waals surface area contributed by atoms with E-state index >= 15 is 0 Å². The van der Waals surface area contributed by atoms with Crippen molar-refractivity contribution in [2.45, 2.75) is 12.8 Å². The van der Waals surface area contributed by atoms with Crippen molar-refractivity contribution < 1.29 is 9.53 Å². The predicted molar refractivity (Wildman–Crippen MR) is 79.7 cm³/mol. The molecule has 2 rings (SSSR count). The number of halogens is 1. The van der Waals surface area contributed by atoms with Crippen LogP contribution in [0.3, 0.4) is 0 Å². The Labute approximate surface area is 124 Å². The van der Waals surface area contributed by atoms with Gasteiger partial charge in [-0.15, -0.1) is 6.42 Å². The fraction of sp³-hybridized carbons (Fsp3) is 0.438. The van der Waals surface area contributed by atoms with E-state index in [9.17, 15) is 4.79 Å². The van der Waals surface area contributed by atoms with E-state index < -0.39 is 0 Å². The molecule has 1 aromatic carbocycles. The largest absolute Gasteiger partial charge is 0.368 e. The van der Waals surface area contributed by atoms with Crippen molar-refractivity contribution in [2.24, 2.45) is 5.92 Å². The van der Waals surface area contributed by atoms with Crippen molar-refractivity contribution >= 4 is 17.5 Å². The average Bonchev–Trinajstić information content (AvgIpc) is 2.47. The van der Waals surface area contributed by atoms with Crippen LogP contribution in [0.1, 0.15) is 23.2 Å². The Hall–Kier alpha value is -1.50. The van der Waals surface area contributed by atoms with Crippen molar-refractivity contribution in [3.8, 4) is 12.3 Å². The van der Waals surface area contributed by atoms with E-state index in [1.54, 1.807) is 24.3 Å². The van der Waals surface area contributed by atoms with E-state index in [1.165, 1.54) is 0 Å². The summed E-state index contributed by atoms with van der Waals surface area (Å²) < 4.78 is 5.38. The zero-order chi connectivity index (χ0) is 14.4. The van der Waals surface area contributed by atoms with E-state index in [2.05, 4.69) is 5.92 Å². The second-order valence-electron chi connectivity index (χ2n) is 4.99. The van der Waals surface area contributed by atoms with Gasteiger partial charge in [-0.05, 0) is 31.0 Å². The average molecular weight is 292 g/mol. The highest BCUT2D eigenvalue weighted by molar-refractivity contribution is 6.30. The van der Waals surface area contributed by atoms with Gasteiger partial charge < -0.3 is 9.64 Å². The Morgan fingerprint density at radius 2 is 2.40 bits per heavy atom. The maximum atomic E-state index is 12.4. The summed E-state index contributed by atoms with van der Waals surface area (Å²) in [4.78, 5) is 14.3. The number of carbonyl (C=O) groups is 1. The van der Waals surface area contributed by atoms with Gasteiger partial charge >= 0.3 is 0 Å². The maximum absolute atomic E-state index is 12.4. The smallest absolute Gasteiger partial charge is 0.253 e. The van der Waals surface area contributed by atoms with Crippen LogP contribution in [0.5, 0.6) is 0 Å². The Bertz CT molecular complexity index is 509. The highest BCUT2D eigenvalue weighted by Gasteiger charge is 2.24. The lowest BCUT2D eigenvalue weighted by Crippen LogP contribution is -2.41. The number of terminal acetylenes is 1. The minimum Gasteiger partial charge on any atom is -0.368 e. The highest BCUT2D eigenvalue weighted by atomic mass is 35.5. The zero-order valence-corrected chi connectivity index (χ0v) is 12.1. The number of benzene rings is 1. The Balaban J connectivity index is 1.95. The second-order valence-corrected chi connectivity index (χ2v) is 5.43. The van der Waals surface area contributed by atoms with Crippen molar-refractivity contribution in [1.82, 2.24) is 4.90 Å². The zero-order valence-electron chi connectivity index (χ0n) is 11.3. The topological polar surface area (TPSA) is 29.5 Å². The summed E-state index contributed by atoms with van der Waals surface area (Å²) in [6, 6.07) is 7.08. The molecule has 1 heterocycles. The molecule has 1 aliphatic rings. The van der Waals surface area contributed by atoms with Crippen LogP contribution in [0, 0.1) is 18.3 Å². The van der Waals surface area contributed by atoms with E-state index in [0.29, 0.717) is 29.7 Å². The third-order valence-corrected chi connectivity index (χ3v) is 3.65. The first kappa shape index (κ1) is 14.9. The summed E-state index contributed by atoms with van der Waals surface area (Å²) in [5.41, 5.74) is 0.641. The number of amides is 1. The standard InChI is InChI=1S/C16H18ClNO2/c1-2-9-20-12-13-5-4-8-18(11-13)16(19)14-6-3-7-15(17)10-14/h1,3,6-7,10,13H,4-5,8-9,11-12H2. The normalized spacial score (nSPS) is 18.6. The van der Waals surface area contributed by atoms with Gasteiger partial charge in [-0.2, -0.15) is 0 Å². The van der Waals surface area contributed by atoms with E-state index in [1.807, 2.05) is 4.90 Å². The fourth-order valence-electron chi connectivity index (χ4n) is 2.47. The molecule has 1 aromatic rings. The second kappa shape index (κ2) is 7.33. The summed E-state index contributed by atoms with van der Waals surface area (Å²) in [7, 11) is 0. The molecule has 0 aliphatic carbocycles. The van der Waals surface area contributed by atoms with Crippen LogP contribution in [0.4, 0.5) is 0 Å². The minimum atomic E-state index is 0.0362. The summed E-state index contributed by atoms with van der Waals surface area (Å²) in [6.07, 6.45) is 7.23. The molecule has 0 spiro atoms. The van der Waals surface area contributed by atoms with E-state index in [-0.39, 0.29) is 5.91 Å². The number of hydrogen-bond acceptors (Lipinski definition) is 2. The van der Waals surface area contributed by atoms with Crippen LogP contribution in [0.15, 0.2) is 24.3 Å². The third-order valence-electron chi connectivity index (χ3n) is 3.42. The van der Waals surface area contributed by atoms with Crippen molar-refractivity contribution in [1.29, 1.82) is 0 Å². The molecule has 1 atom stereocenters. The van der Waals surface area contributed by atoms with Gasteiger partial charge in [0.1, 0.15) is 6.61 Å². The van der Waals surface area contributed by atoms with Crippen LogP contribution in [0.25, 0.3) is 0 Å². The lowest BCUT2D eigenvalue weighted by Gasteiger charge is -2.32. The summed E-state index contributed by atoms with van der Waals surface area (Å²) in [6.45, 7) is 2.45. The van der Waals surface area contributed by atoms with Crippen LogP contribution in [-0.4, -0.2) is 37.1 Å². The maximum Gasteiger partial charge on any atom is 0.253 e. The van der Waals surface area contributed by atoms with Crippen molar-refractivity contribution in [3.05, 3.63) is 34.9 Å². The van der Waals surface area contributed by atoms with Crippen molar-refractivity contribution in [3.63, 3.8) is 0 Å². The molecular formula is C16H18ClNO2. The predicted octanol–water partition coefficient (Wildman–Crippen LogP) is 2.84. The molecule has 1 aliphatic heterocycles. The molecule has 0 saturated carbocycles. The molecule has 0 aromatic heterocycles. The number of piperidine rings is 1. The number of ether oxygens (including phenoxy) is 1. The molecule has 0 N–H and O–H groups in total. The van der Waals surface area contributed by atoms with Gasteiger partial charge in [0.05, 0.1) is 6.61 Å². The molecule has 1 amide bonds. The van der Waals surface area contributed by atoms with Gasteiger partial charge in [-0.25, -0.2) is 0 Å². The molecular weight excluding hydrogens is 274 g/mol. The summed E-state index contributed by atoms with van der Waals surface area (Å²) in [5.74, 6) is 2.85. The van der Waals surface area contributed by atoms with Gasteiger partial charge in [0.15, 0.2) is 0 Å². The summed E-state index contributed by atoms with van der Waals surface area (Å²) in [5, 5.41) is 0.585. The van der Waals surface area contributed by atoms with Gasteiger partial charge in [-0.3, -0.25) is 4.79 Å². The first-order valence-corrected chi connectivity index (χ1v) is 7.14. The quantitative estimate of drug-likeness (QED) is 0.631. The van der Waals surface area contributed by atoms with Gasteiger partial charge in [0.25, 0.3) is 5.91 Å². The molecule has 0 radical (unpaired) electrons. The van der Waals surface area contributed by atoms with Gasteiger partial charge in [0.2, 0.25) is 0 Å². The SMILES string of the molecule is C#CCOCC1CCCN(C(=O)c2cccc(Cl)c2)C1. The van der Waals surface area contributed by atoms with Crippen LogP contribution >= 0.6 is 11.6 Å². The number of nitrogens with zero attached hydrogens (tertiary/aromatic N) is 1. The number of likely N-dealkylation sites (tertiary alicyclic amines) is 1. The fourth-order valence-corrected chi connectivity index (χ4v) is 2.66. The minimum absolute atomic E-state index is 0.0362. The highest BCUT2D eigenvalue weighted by Crippen LogP contribution is 2.20. The number of rotatable bonds is 4. The van der Waals surface area contributed by atoms with Crippen LogP contribution < -0.4 is 0 Å². The first-order chi connectivity index (χ1) is 9.70. The molecule has 4 heteroatoms. The Morgan fingerprint density at radius 1 is 1.55 bits per heavy atom. The summed E-state index contributed by atoms with van der Waals surface area (Å²) >= 11 is 5.93. The number of hydrogen-bond donors (Lipinski definition) is 0. The lowest BCUT2D eigenvalue weighted by atomic mass is 9.98. The molecule has 3 nitrogen and oxygen atoms in total. The number of carbonyl (C=O) groups excluding carboxylic acids is 1. The molecule has 1 unspecified atom stereocenters.